The van der Waals surface area contributed by atoms with Crippen LogP contribution in [0.3, 0.4) is 0 Å². The van der Waals surface area contributed by atoms with Crippen LogP contribution in [0.25, 0.3) is 0 Å². The molecular formula is C22H25N3O5. The van der Waals surface area contributed by atoms with Crippen LogP contribution in [0.1, 0.15) is 28.4 Å². The Morgan fingerprint density at radius 2 is 1.50 bits per heavy atom. The van der Waals surface area contributed by atoms with Crippen LogP contribution < -0.4 is 16.0 Å². The van der Waals surface area contributed by atoms with Gasteiger partial charge in [0.25, 0.3) is 11.8 Å². The van der Waals surface area contributed by atoms with Crippen LogP contribution in [0.5, 0.6) is 0 Å². The van der Waals surface area contributed by atoms with E-state index in [9.17, 15) is 19.2 Å². The van der Waals surface area contributed by atoms with E-state index in [0.29, 0.717) is 11.3 Å². The average molecular weight is 411 g/mol. The molecule has 3 amide bonds. The highest BCUT2D eigenvalue weighted by atomic mass is 16.5. The van der Waals surface area contributed by atoms with Crippen LogP contribution in [-0.2, 0) is 19.1 Å². The van der Waals surface area contributed by atoms with Gasteiger partial charge in [-0.2, -0.15) is 0 Å². The van der Waals surface area contributed by atoms with Crippen LogP contribution in [0, 0.1) is 13.8 Å². The summed E-state index contributed by atoms with van der Waals surface area (Å²) in [7, 11) is 0. The molecule has 0 aliphatic rings. The molecule has 3 N–H and O–H groups in total. The highest BCUT2D eigenvalue weighted by Crippen LogP contribution is 2.18. The summed E-state index contributed by atoms with van der Waals surface area (Å²) in [5, 5.41) is 7.60. The molecule has 0 heterocycles. The van der Waals surface area contributed by atoms with Gasteiger partial charge in [0.15, 0.2) is 6.10 Å². The summed E-state index contributed by atoms with van der Waals surface area (Å²) in [5.74, 6) is -2.20. The van der Waals surface area contributed by atoms with E-state index in [1.807, 2.05) is 32.0 Å². The van der Waals surface area contributed by atoms with Crippen molar-refractivity contribution in [3.63, 3.8) is 0 Å². The van der Waals surface area contributed by atoms with Crippen molar-refractivity contribution in [1.82, 2.24) is 10.6 Å². The van der Waals surface area contributed by atoms with Gasteiger partial charge in [-0.05, 0) is 44.0 Å². The van der Waals surface area contributed by atoms with E-state index in [4.69, 9.17) is 4.74 Å². The van der Waals surface area contributed by atoms with E-state index < -0.39 is 29.8 Å². The quantitative estimate of drug-likeness (QED) is 0.573. The average Bonchev–Trinajstić information content (AvgIpc) is 2.73. The molecule has 8 nitrogen and oxygen atoms in total. The Balaban J connectivity index is 1.74. The van der Waals surface area contributed by atoms with Gasteiger partial charge in [-0.3, -0.25) is 19.2 Å². The molecule has 0 aliphatic carbocycles. The molecule has 0 aromatic heterocycles. The van der Waals surface area contributed by atoms with E-state index in [0.717, 1.165) is 11.1 Å². The number of nitrogens with one attached hydrogen (secondary N) is 3. The van der Waals surface area contributed by atoms with Gasteiger partial charge in [-0.1, -0.05) is 36.4 Å². The smallest absolute Gasteiger partial charge is 0.326 e. The number of carbonyl (C=O) groups excluding carboxylic acids is 4. The van der Waals surface area contributed by atoms with Gasteiger partial charge in [0.1, 0.15) is 6.54 Å². The standard InChI is InChI=1S/C22H25N3O5/c1-14-8-7-9-15(2)20(14)25-18(26)12-23-21(28)16(3)30-19(27)13-24-22(29)17-10-5-4-6-11-17/h4-11,16H,12-13H2,1-3H3,(H,23,28)(H,24,29)(H,25,26). The Hall–Kier alpha value is -3.68. The molecule has 0 saturated heterocycles. The summed E-state index contributed by atoms with van der Waals surface area (Å²) in [6, 6.07) is 14.0. The normalized spacial score (nSPS) is 11.2. The summed E-state index contributed by atoms with van der Waals surface area (Å²) >= 11 is 0. The number of hydrogen-bond donors (Lipinski definition) is 3. The zero-order valence-corrected chi connectivity index (χ0v) is 17.2. The number of para-hydroxylation sites is 1. The first-order valence-electron chi connectivity index (χ1n) is 9.44. The molecule has 0 radical (unpaired) electrons. The van der Waals surface area contributed by atoms with Gasteiger partial charge in [-0.25, -0.2) is 0 Å². The largest absolute Gasteiger partial charge is 0.451 e. The molecular weight excluding hydrogens is 386 g/mol. The topological polar surface area (TPSA) is 114 Å². The molecule has 2 aromatic rings. The zero-order chi connectivity index (χ0) is 22.1. The lowest BCUT2D eigenvalue weighted by Crippen LogP contribution is -2.41. The summed E-state index contributed by atoms with van der Waals surface area (Å²) in [5.41, 5.74) is 2.93. The number of esters is 1. The minimum atomic E-state index is -1.11. The van der Waals surface area contributed by atoms with Crippen molar-refractivity contribution < 1.29 is 23.9 Å². The molecule has 0 saturated carbocycles. The third-order valence-corrected chi connectivity index (χ3v) is 4.28. The maximum atomic E-state index is 12.1. The van der Waals surface area contributed by atoms with Gasteiger partial charge in [-0.15, -0.1) is 0 Å². The molecule has 1 unspecified atom stereocenters. The highest BCUT2D eigenvalue weighted by molar-refractivity contribution is 5.97. The van der Waals surface area contributed by atoms with Crippen LogP contribution in [-0.4, -0.2) is 42.9 Å². The minimum Gasteiger partial charge on any atom is -0.451 e. The molecule has 158 valence electrons. The van der Waals surface area contributed by atoms with Crippen molar-refractivity contribution in [2.75, 3.05) is 18.4 Å². The monoisotopic (exact) mass is 411 g/mol. The first-order valence-corrected chi connectivity index (χ1v) is 9.44. The first kappa shape index (κ1) is 22.6. The summed E-state index contributed by atoms with van der Waals surface area (Å²) < 4.78 is 4.99. The SMILES string of the molecule is Cc1cccc(C)c1NC(=O)CNC(=O)C(C)OC(=O)CNC(=O)c1ccccc1. The molecule has 8 heteroatoms. The lowest BCUT2D eigenvalue weighted by Gasteiger charge is -2.15. The number of carbonyl (C=O) groups is 4. The van der Waals surface area contributed by atoms with E-state index in [1.165, 1.54) is 6.92 Å². The summed E-state index contributed by atoms with van der Waals surface area (Å²) in [6.07, 6.45) is -1.11. The number of anilines is 1. The van der Waals surface area contributed by atoms with Crippen molar-refractivity contribution in [3.05, 3.63) is 65.2 Å². The van der Waals surface area contributed by atoms with Crippen LogP contribution >= 0.6 is 0 Å². The van der Waals surface area contributed by atoms with Gasteiger partial charge < -0.3 is 20.7 Å². The maximum absolute atomic E-state index is 12.1. The van der Waals surface area contributed by atoms with Gasteiger partial charge in [0.05, 0.1) is 6.54 Å². The Bertz CT molecular complexity index is 907. The fourth-order valence-corrected chi connectivity index (χ4v) is 2.64. The third kappa shape index (κ3) is 6.73. The van der Waals surface area contributed by atoms with Crippen LogP contribution in [0.4, 0.5) is 5.69 Å². The fraction of sp³-hybridized carbons (Fsp3) is 0.273. The number of aryl methyl sites for hydroxylation is 2. The van der Waals surface area contributed by atoms with Crippen molar-refractivity contribution in [2.45, 2.75) is 26.9 Å². The predicted octanol–water partition coefficient (Wildman–Crippen LogP) is 1.72. The highest BCUT2D eigenvalue weighted by Gasteiger charge is 2.19. The van der Waals surface area contributed by atoms with E-state index in [-0.39, 0.29) is 13.1 Å². The molecule has 0 fully saturated rings. The van der Waals surface area contributed by atoms with Crippen molar-refractivity contribution >= 4 is 29.4 Å². The van der Waals surface area contributed by atoms with Crippen LogP contribution in [0.2, 0.25) is 0 Å². The maximum Gasteiger partial charge on any atom is 0.326 e. The number of rotatable bonds is 8. The Labute approximate surface area is 175 Å². The molecule has 0 bridgehead atoms. The lowest BCUT2D eigenvalue weighted by molar-refractivity contribution is -0.153. The Morgan fingerprint density at radius 3 is 2.13 bits per heavy atom. The number of amides is 3. The molecule has 30 heavy (non-hydrogen) atoms. The Morgan fingerprint density at radius 1 is 0.867 bits per heavy atom. The van der Waals surface area contributed by atoms with Gasteiger partial charge >= 0.3 is 5.97 Å². The second kappa shape index (κ2) is 10.8. The summed E-state index contributed by atoms with van der Waals surface area (Å²) in [4.78, 5) is 47.9. The summed E-state index contributed by atoms with van der Waals surface area (Å²) in [6.45, 7) is 4.49. The second-order valence-corrected chi connectivity index (χ2v) is 6.71. The molecule has 0 aliphatic heterocycles. The fourth-order valence-electron chi connectivity index (χ4n) is 2.64. The predicted molar refractivity (Wildman–Crippen MR) is 112 cm³/mol. The number of ether oxygens (including phenoxy) is 1. The minimum absolute atomic E-state index is 0.265. The van der Waals surface area contributed by atoms with E-state index >= 15 is 0 Å². The van der Waals surface area contributed by atoms with Crippen molar-refractivity contribution in [2.24, 2.45) is 0 Å². The molecule has 2 rings (SSSR count). The Kier molecular flexibility index (Phi) is 8.10. The van der Waals surface area contributed by atoms with Crippen molar-refractivity contribution in [3.8, 4) is 0 Å². The number of hydrogen-bond acceptors (Lipinski definition) is 5. The molecule has 2 aromatic carbocycles. The first-order chi connectivity index (χ1) is 14.3. The zero-order valence-electron chi connectivity index (χ0n) is 17.2. The van der Waals surface area contributed by atoms with Gasteiger partial charge in [0.2, 0.25) is 5.91 Å². The number of benzene rings is 2. The molecule has 0 spiro atoms. The second-order valence-electron chi connectivity index (χ2n) is 6.71. The van der Waals surface area contributed by atoms with Gasteiger partial charge in [0, 0.05) is 11.3 Å². The van der Waals surface area contributed by atoms with Crippen LogP contribution in [0.15, 0.2) is 48.5 Å². The van der Waals surface area contributed by atoms with E-state index in [1.54, 1.807) is 30.3 Å². The lowest BCUT2D eigenvalue weighted by atomic mass is 10.1. The van der Waals surface area contributed by atoms with Crippen molar-refractivity contribution in [1.29, 1.82) is 0 Å². The third-order valence-electron chi connectivity index (χ3n) is 4.28. The molecule has 1 atom stereocenters. The van der Waals surface area contributed by atoms with E-state index in [2.05, 4.69) is 16.0 Å².